The zero-order chi connectivity index (χ0) is 12.6. The van der Waals surface area contributed by atoms with E-state index in [4.69, 9.17) is 0 Å². The van der Waals surface area contributed by atoms with Gasteiger partial charge in [0.2, 0.25) is 0 Å². The molecule has 5 heteroatoms. The molecule has 1 atom stereocenters. The molecule has 0 aromatic carbocycles. The normalized spacial score (nSPS) is 16.9. The third kappa shape index (κ3) is 1.91. The third-order valence-electron chi connectivity index (χ3n) is 2.59. The molecule has 0 aliphatic heterocycles. The summed E-state index contributed by atoms with van der Waals surface area (Å²) in [6, 6.07) is 2.36. The van der Waals surface area contributed by atoms with Crippen LogP contribution in [0.15, 0.2) is 24.5 Å². The lowest BCUT2D eigenvalue weighted by Gasteiger charge is -2.41. The number of pyridine rings is 1. The molecule has 0 amide bonds. The highest BCUT2D eigenvalue weighted by atomic mass is 19.4. The van der Waals surface area contributed by atoms with Crippen molar-refractivity contribution in [2.45, 2.75) is 32.5 Å². The first-order valence-electron chi connectivity index (χ1n) is 4.80. The van der Waals surface area contributed by atoms with Gasteiger partial charge in [0.15, 0.2) is 5.60 Å². The summed E-state index contributed by atoms with van der Waals surface area (Å²) in [4.78, 5) is 3.64. The van der Waals surface area contributed by atoms with Crippen molar-refractivity contribution in [3.63, 3.8) is 0 Å². The Labute approximate surface area is 92.1 Å². The van der Waals surface area contributed by atoms with E-state index in [1.165, 1.54) is 45.3 Å². The first-order valence-corrected chi connectivity index (χ1v) is 4.80. The van der Waals surface area contributed by atoms with Crippen LogP contribution < -0.4 is 0 Å². The second kappa shape index (κ2) is 3.73. The van der Waals surface area contributed by atoms with E-state index in [9.17, 15) is 18.3 Å². The van der Waals surface area contributed by atoms with Gasteiger partial charge in [0.1, 0.15) is 0 Å². The van der Waals surface area contributed by atoms with Gasteiger partial charge in [-0.2, -0.15) is 13.2 Å². The van der Waals surface area contributed by atoms with E-state index >= 15 is 0 Å². The SMILES string of the molecule is CC(C)(C)C(O)(c1ccncc1)C(F)(F)F. The minimum atomic E-state index is -4.73. The fourth-order valence-electron chi connectivity index (χ4n) is 1.62. The predicted octanol–water partition coefficient (Wildman–Crippen LogP) is 2.88. The Balaban J connectivity index is 3.39. The van der Waals surface area contributed by atoms with Crippen molar-refractivity contribution in [2.24, 2.45) is 5.41 Å². The van der Waals surface area contributed by atoms with Crippen molar-refractivity contribution >= 4 is 0 Å². The highest BCUT2D eigenvalue weighted by molar-refractivity contribution is 5.24. The van der Waals surface area contributed by atoms with Crippen molar-refractivity contribution in [1.82, 2.24) is 4.98 Å². The molecule has 0 bridgehead atoms. The molecule has 1 unspecified atom stereocenters. The molecule has 0 radical (unpaired) electrons. The van der Waals surface area contributed by atoms with Crippen LogP contribution in [0.5, 0.6) is 0 Å². The lowest BCUT2D eigenvalue weighted by Crippen LogP contribution is -2.52. The number of halogens is 3. The summed E-state index contributed by atoms with van der Waals surface area (Å²) in [5.41, 5.74) is -4.42. The van der Waals surface area contributed by atoms with Crippen molar-refractivity contribution in [3.8, 4) is 0 Å². The van der Waals surface area contributed by atoms with Crippen LogP contribution in [0.1, 0.15) is 26.3 Å². The lowest BCUT2D eigenvalue weighted by molar-refractivity contribution is -0.302. The highest BCUT2D eigenvalue weighted by Crippen LogP contribution is 2.50. The molecule has 0 saturated heterocycles. The number of aliphatic hydroxyl groups is 1. The lowest BCUT2D eigenvalue weighted by atomic mass is 9.72. The maximum Gasteiger partial charge on any atom is 0.421 e. The van der Waals surface area contributed by atoms with Gasteiger partial charge in [0.05, 0.1) is 0 Å². The molecule has 16 heavy (non-hydrogen) atoms. The van der Waals surface area contributed by atoms with E-state index in [1.54, 1.807) is 0 Å². The summed E-state index contributed by atoms with van der Waals surface area (Å²) < 4.78 is 39.0. The molecule has 1 heterocycles. The molecule has 0 saturated carbocycles. The molecule has 0 spiro atoms. The molecule has 2 nitrogen and oxygen atoms in total. The summed E-state index contributed by atoms with van der Waals surface area (Å²) in [6.45, 7) is 4.04. The maximum atomic E-state index is 13.0. The van der Waals surface area contributed by atoms with E-state index in [0.717, 1.165) is 0 Å². The van der Waals surface area contributed by atoms with Gasteiger partial charge in [-0.1, -0.05) is 20.8 Å². The minimum absolute atomic E-state index is 0.192. The van der Waals surface area contributed by atoms with Crippen molar-refractivity contribution in [1.29, 1.82) is 0 Å². The van der Waals surface area contributed by atoms with Crippen molar-refractivity contribution in [3.05, 3.63) is 30.1 Å². The van der Waals surface area contributed by atoms with Gasteiger partial charge < -0.3 is 5.11 Å². The Kier molecular flexibility index (Phi) is 3.02. The standard InChI is InChI=1S/C11H14F3NO/c1-9(2,3)10(16,11(12,13)14)8-4-6-15-7-5-8/h4-7,16H,1-3H3. The Hall–Kier alpha value is -1.10. The van der Waals surface area contributed by atoms with E-state index < -0.39 is 17.2 Å². The van der Waals surface area contributed by atoms with Crippen LogP contribution in [0.4, 0.5) is 13.2 Å². The van der Waals surface area contributed by atoms with Gasteiger partial charge in [0.25, 0.3) is 0 Å². The van der Waals surface area contributed by atoms with Gasteiger partial charge in [-0.15, -0.1) is 0 Å². The third-order valence-corrected chi connectivity index (χ3v) is 2.59. The van der Waals surface area contributed by atoms with Gasteiger partial charge in [-0.3, -0.25) is 4.98 Å². The largest absolute Gasteiger partial charge is 0.421 e. The Morgan fingerprint density at radius 3 is 1.81 bits per heavy atom. The Morgan fingerprint density at radius 2 is 1.50 bits per heavy atom. The van der Waals surface area contributed by atoms with Crippen LogP contribution in [-0.2, 0) is 5.60 Å². The number of alkyl halides is 3. The van der Waals surface area contributed by atoms with Crippen LogP contribution in [0.25, 0.3) is 0 Å². The summed E-state index contributed by atoms with van der Waals surface area (Å²) >= 11 is 0. The fraction of sp³-hybridized carbons (Fsp3) is 0.545. The second-order valence-electron chi connectivity index (χ2n) is 4.69. The zero-order valence-corrected chi connectivity index (χ0v) is 9.34. The topological polar surface area (TPSA) is 33.1 Å². The first kappa shape index (κ1) is 13.0. The molecule has 1 aromatic rings. The Bertz CT molecular complexity index is 340. The molecule has 90 valence electrons. The van der Waals surface area contributed by atoms with Crippen molar-refractivity contribution in [2.75, 3.05) is 0 Å². The summed E-state index contributed by atoms with van der Waals surface area (Å²) in [5, 5.41) is 10.0. The average Bonchev–Trinajstić information content (AvgIpc) is 2.14. The van der Waals surface area contributed by atoms with E-state index in [1.807, 2.05) is 0 Å². The molecule has 0 aliphatic rings. The number of hydrogen-bond acceptors (Lipinski definition) is 2. The summed E-state index contributed by atoms with van der Waals surface area (Å²) in [5.74, 6) is 0. The highest BCUT2D eigenvalue weighted by Gasteiger charge is 2.61. The van der Waals surface area contributed by atoms with Crippen LogP contribution in [0, 0.1) is 5.41 Å². The molecular formula is C11H14F3NO. The van der Waals surface area contributed by atoms with E-state index in [0.29, 0.717) is 0 Å². The van der Waals surface area contributed by atoms with Gasteiger partial charge in [0, 0.05) is 17.8 Å². The smallest absolute Gasteiger partial charge is 0.376 e. The second-order valence-corrected chi connectivity index (χ2v) is 4.69. The van der Waals surface area contributed by atoms with E-state index in [-0.39, 0.29) is 5.56 Å². The Morgan fingerprint density at radius 1 is 1.06 bits per heavy atom. The van der Waals surface area contributed by atoms with Gasteiger partial charge >= 0.3 is 6.18 Å². The van der Waals surface area contributed by atoms with Gasteiger partial charge in [-0.25, -0.2) is 0 Å². The van der Waals surface area contributed by atoms with Crippen LogP contribution in [0.3, 0.4) is 0 Å². The number of hydrogen-bond donors (Lipinski definition) is 1. The summed E-state index contributed by atoms with van der Waals surface area (Å²) in [6.07, 6.45) is -2.26. The molecule has 1 N–H and O–H groups in total. The van der Waals surface area contributed by atoms with Crippen LogP contribution in [-0.4, -0.2) is 16.3 Å². The number of nitrogens with zero attached hydrogens (tertiary/aromatic N) is 1. The first-order chi connectivity index (χ1) is 7.11. The maximum absolute atomic E-state index is 13.0. The number of aromatic nitrogens is 1. The number of rotatable bonds is 1. The van der Waals surface area contributed by atoms with Crippen molar-refractivity contribution < 1.29 is 18.3 Å². The monoisotopic (exact) mass is 233 g/mol. The zero-order valence-electron chi connectivity index (χ0n) is 9.34. The fourth-order valence-corrected chi connectivity index (χ4v) is 1.62. The van der Waals surface area contributed by atoms with Crippen LogP contribution in [0.2, 0.25) is 0 Å². The quantitative estimate of drug-likeness (QED) is 0.809. The summed E-state index contributed by atoms with van der Waals surface area (Å²) in [7, 11) is 0. The minimum Gasteiger partial charge on any atom is -0.376 e. The van der Waals surface area contributed by atoms with Crippen LogP contribution >= 0.6 is 0 Å². The molecule has 1 aromatic heterocycles. The van der Waals surface area contributed by atoms with E-state index in [2.05, 4.69) is 4.98 Å². The average molecular weight is 233 g/mol. The molecule has 0 fully saturated rings. The van der Waals surface area contributed by atoms with Gasteiger partial charge in [-0.05, 0) is 17.7 Å². The molecule has 1 rings (SSSR count). The molecule has 0 aliphatic carbocycles. The predicted molar refractivity (Wildman–Crippen MR) is 53.6 cm³/mol. The molecular weight excluding hydrogens is 219 g/mol.